The minimum Gasteiger partial charge on any atom is -0.341 e. The van der Waals surface area contributed by atoms with Gasteiger partial charge in [-0.1, -0.05) is 0 Å². The molecule has 4 fully saturated rings. The van der Waals surface area contributed by atoms with Crippen LogP contribution in [-0.2, 0) is 11.2 Å². The molecule has 2 atom stereocenters. The first-order valence-electron chi connectivity index (χ1n) is 9.58. The van der Waals surface area contributed by atoms with Crippen molar-refractivity contribution in [2.24, 2.45) is 11.8 Å². The summed E-state index contributed by atoms with van der Waals surface area (Å²) in [5, 5.41) is 0. The number of carbonyl (C=O) groups excluding carboxylic acids is 1. The summed E-state index contributed by atoms with van der Waals surface area (Å²) in [6, 6.07) is 0.499. The number of aryl methyl sites for hydroxylation is 2. The maximum atomic E-state index is 12.9. The highest BCUT2D eigenvalue weighted by molar-refractivity contribution is 5.79. The molecule has 0 radical (unpaired) electrons. The normalized spacial score (nSPS) is 26.7. The number of fused-ring (bicyclic) bond motifs is 4. The number of piperidine rings is 1. The number of nitrogens with zero attached hydrogens (tertiary/aromatic N) is 3. The lowest BCUT2D eigenvalue weighted by Gasteiger charge is -2.36. The summed E-state index contributed by atoms with van der Waals surface area (Å²) in [6.45, 7) is 7.58. The zero-order chi connectivity index (χ0) is 17.6. The van der Waals surface area contributed by atoms with Crippen LogP contribution in [0, 0.1) is 25.7 Å². The molecule has 6 nitrogen and oxygen atoms in total. The van der Waals surface area contributed by atoms with Crippen molar-refractivity contribution in [3.63, 3.8) is 0 Å². The molecule has 25 heavy (non-hydrogen) atoms. The number of hydrogen-bond acceptors (Lipinski definition) is 4. The number of aromatic nitrogens is 2. The van der Waals surface area contributed by atoms with Crippen LogP contribution in [0.15, 0.2) is 4.79 Å². The van der Waals surface area contributed by atoms with E-state index >= 15 is 0 Å². The number of nitrogens with one attached hydrogen (secondary N) is 1. The van der Waals surface area contributed by atoms with E-state index < -0.39 is 0 Å². The van der Waals surface area contributed by atoms with Crippen molar-refractivity contribution in [2.45, 2.75) is 52.0 Å². The first-order valence-corrected chi connectivity index (χ1v) is 9.58. The minimum absolute atomic E-state index is 0.0735. The van der Waals surface area contributed by atoms with Crippen molar-refractivity contribution in [1.29, 1.82) is 0 Å². The topological polar surface area (TPSA) is 69.3 Å². The van der Waals surface area contributed by atoms with Gasteiger partial charge in [0.25, 0.3) is 5.56 Å². The molecule has 0 aromatic carbocycles. The van der Waals surface area contributed by atoms with Gasteiger partial charge >= 0.3 is 0 Å². The maximum absolute atomic E-state index is 12.9. The van der Waals surface area contributed by atoms with Crippen molar-refractivity contribution in [1.82, 2.24) is 19.8 Å². The van der Waals surface area contributed by atoms with Crippen molar-refractivity contribution < 1.29 is 4.79 Å². The minimum atomic E-state index is -0.175. The summed E-state index contributed by atoms with van der Waals surface area (Å²) in [5.41, 5.74) is 1.01. The fraction of sp³-hybridized carbons (Fsp3) is 0.737. The predicted octanol–water partition coefficient (Wildman–Crippen LogP) is 1.26. The molecule has 5 rings (SSSR count). The van der Waals surface area contributed by atoms with Gasteiger partial charge in [0.2, 0.25) is 5.91 Å². The molecule has 2 bridgehead atoms. The van der Waals surface area contributed by atoms with Gasteiger partial charge in [0, 0.05) is 43.5 Å². The highest BCUT2D eigenvalue weighted by Gasteiger charge is 2.38. The summed E-state index contributed by atoms with van der Waals surface area (Å²) in [6.07, 6.45) is 5.34. The molecule has 6 heteroatoms. The van der Waals surface area contributed by atoms with Gasteiger partial charge < -0.3 is 9.88 Å². The lowest BCUT2D eigenvalue weighted by Crippen LogP contribution is -2.45. The molecule has 0 unspecified atom stereocenters. The second kappa shape index (κ2) is 6.56. The molecule has 0 spiro atoms. The third kappa shape index (κ3) is 3.64. The third-order valence-corrected chi connectivity index (χ3v) is 6.04. The molecular formula is C19H28N4O2. The number of carbonyl (C=O) groups is 1. The maximum Gasteiger partial charge on any atom is 0.254 e. The largest absolute Gasteiger partial charge is 0.341 e. The Morgan fingerprint density at radius 1 is 1.16 bits per heavy atom. The fourth-order valence-electron chi connectivity index (χ4n) is 4.46. The molecule has 4 aliphatic rings. The first-order chi connectivity index (χ1) is 12.0. The first kappa shape index (κ1) is 16.8. The lowest BCUT2D eigenvalue weighted by molar-refractivity contribution is -0.130. The fourth-order valence-corrected chi connectivity index (χ4v) is 4.46. The zero-order valence-corrected chi connectivity index (χ0v) is 15.3. The zero-order valence-electron chi connectivity index (χ0n) is 15.3. The summed E-state index contributed by atoms with van der Waals surface area (Å²) < 4.78 is 0. The summed E-state index contributed by atoms with van der Waals surface area (Å²) in [7, 11) is 0. The average Bonchev–Trinajstić information content (AvgIpc) is 3.38. The van der Waals surface area contributed by atoms with Crippen LogP contribution >= 0.6 is 0 Å². The Labute approximate surface area is 148 Å². The van der Waals surface area contributed by atoms with Gasteiger partial charge in [-0.3, -0.25) is 14.5 Å². The lowest BCUT2D eigenvalue weighted by atomic mass is 9.95. The van der Waals surface area contributed by atoms with E-state index in [-0.39, 0.29) is 17.9 Å². The van der Waals surface area contributed by atoms with E-state index in [0.29, 0.717) is 29.0 Å². The van der Waals surface area contributed by atoms with E-state index in [1.807, 2.05) is 11.8 Å². The molecule has 136 valence electrons. The number of hydrogen-bond donors (Lipinski definition) is 1. The van der Waals surface area contributed by atoms with Crippen LogP contribution in [0.2, 0.25) is 0 Å². The van der Waals surface area contributed by atoms with Crippen LogP contribution in [0.25, 0.3) is 0 Å². The van der Waals surface area contributed by atoms with E-state index in [0.717, 1.165) is 25.6 Å². The molecule has 1 saturated carbocycles. The van der Waals surface area contributed by atoms with Crippen molar-refractivity contribution in [3.05, 3.63) is 27.4 Å². The van der Waals surface area contributed by atoms with E-state index in [9.17, 15) is 9.59 Å². The van der Waals surface area contributed by atoms with Crippen LogP contribution in [0.5, 0.6) is 0 Å². The van der Waals surface area contributed by atoms with E-state index in [1.165, 1.54) is 32.2 Å². The Balaban J connectivity index is 1.47. The monoisotopic (exact) mass is 344 g/mol. The molecule has 1 amide bonds. The highest BCUT2D eigenvalue weighted by Crippen LogP contribution is 2.34. The van der Waals surface area contributed by atoms with Crippen molar-refractivity contribution in [2.75, 3.05) is 26.2 Å². The van der Waals surface area contributed by atoms with Gasteiger partial charge in [0.15, 0.2) is 0 Å². The van der Waals surface area contributed by atoms with Crippen LogP contribution < -0.4 is 5.56 Å². The molecule has 1 N–H and O–H groups in total. The third-order valence-electron chi connectivity index (χ3n) is 6.04. The second-order valence-corrected chi connectivity index (χ2v) is 8.19. The molecular weight excluding hydrogens is 316 g/mol. The van der Waals surface area contributed by atoms with Crippen LogP contribution in [0.4, 0.5) is 0 Å². The highest BCUT2D eigenvalue weighted by atomic mass is 16.2. The van der Waals surface area contributed by atoms with Crippen LogP contribution in [0.1, 0.15) is 42.8 Å². The number of amides is 1. The molecule has 1 aromatic rings. The van der Waals surface area contributed by atoms with Crippen molar-refractivity contribution >= 4 is 5.91 Å². The molecule has 3 saturated heterocycles. The van der Waals surface area contributed by atoms with E-state index in [2.05, 4.69) is 14.9 Å². The summed E-state index contributed by atoms with van der Waals surface area (Å²) in [4.78, 5) is 36.8. The van der Waals surface area contributed by atoms with Gasteiger partial charge in [-0.2, -0.15) is 0 Å². The SMILES string of the molecule is Cc1nc(C)c(CC(=O)N2C[C@@H]3CC[C@H](C2)N(CC2CC2)C3)c(=O)[nH]1. The smallest absolute Gasteiger partial charge is 0.254 e. The Morgan fingerprint density at radius 3 is 2.68 bits per heavy atom. The molecule has 1 aromatic heterocycles. The van der Waals surface area contributed by atoms with Crippen LogP contribution in [0.3, 0.4) is 0 Å². The Morgan fingerprint density at radius 2 is 1.96 bits per heavy atom. The number of H-pyrrole nitrogens is 1. The van der Waals surface area contributed by atoms with Crippen molar-refractivity contribution in [3.8, 4) is 0 Å². The Bertz CT molecular complexity index is 725. The molecule has 3 aliphatic heterocycles. The second-order valence-electron chi connectivity index (χ2n) is 8.19. The quantitative estimate of drug-likeness (QED) is 0.893. The van der Waals surface area contributed by atoms with Gasteiger partial charge in [-0.25, -0.2) is 4.98 Å². The Hall–Kier alpha value is -1.69. The number of aromatic amines is 1. The van der Waals surface area contributed by atoms with Gasteiger partial charge in [-0.15, -0.1) is 0 Å². The Kier molecular flexibility index (Phi) is 4.40. The molecule has 4 heterocycles. The van der Waals surface area contributed by atoms with Gasteiger partial charge in [-0.05, 0) is 51.4 Å². The summed E-state index contributed by atoms with van der Waals surface area (Å²) >= 11 is 0. The van der Waals surface area contributed by atoms with Gasteiger partial charge in [0.1, 0.15) is 5.82 Å². The number of rotatable bonds is 4. The van der Waals surface area contributed by atoms with Gasteiger partial charge in [0.05, 0.1) is 6.42 Å². The molecule has 1 aliphatic carbocycles. The standard InChI is InChI=1S/C19H28N4O2/c1-12-17(19(25)21-13(2)20-12)7-18(24)23-10-15-5-6-16(11-23)22(9-15)8-14-3-4-14/h14-16H,3-11H2,1-2H3,(H,20,21,25)/t15-,16-/m1/s1. The summed E-state index contributed by atoms with van der Waals surface area (Å²) in [5.74, 6) is 2.15. The van der Waals surface area contributed by atoms with Crippen LogP contribution in [-0.4, -0.2) is 57.9 Å². The van der Waals surface area contributed by atoms with E-state index in [1.54, 1.807) is 6.92 Å². The average molecular weight is 344 g/mol. The predicted molar refractivity (Wildman–Crippen MR) is 95.4 cm³/mol. The van der Waals surface area contributed by atoms with E-state index in [4.69, 9.17) is 0 Å².